The van der Waals surface area contributed by atoms with Gasteiger partial charge in [-0.15, -0.1) is 0 Å². The second-order valence-corrected chi connectivity index (χ2v) is 4.42. The maximum absolute atomic E-state index is 2.50. The molecule has 1 aromatic rings. The van der Waals surface area contributed by atoms with Crippen molar-refractivity contribution in [1.29, 1.82) is 0 Å². The van der Waals surface area contributed by atoms with Gasteiger partial charge in [0, 0.05) is 32.7 Å². The zero-order chi connectivity index (χ0) is 11.2. The lowest BCUT2D eigenvalue weighted by atomic mass is 10.2. The molecule has 1 fully saturated rings. The highest BCUT2D eigenvalue weighted by molar-refractivity contribution is 5.48. The molecule has 0 aromatic heterocycles. The van der Waals surface area contributed by atoms with Gasteiger partial charge in [-0.05, 0) is 12.6 Å². The molecule has 86 valence electrons. The second kappa shape index (κ2) is 5.83. The van der Waals surface area contributed by atoms with Gasteiger partial charge in [0.1, 0.15) is 0 Å². The minimum absolute atomic E-state index is 1.07. The lowest BCUT2D eigenvalue weighted by Gasteiger charge is -2.31. The van der Waals surface area contributed by atoms with E-state index >= 15 is 0 Å². The summed E-state index contributed by atoms with van der Waals surface area (Å²) >= 11 is 0. The molecule has 1 saturated heterocycles. The average molecular weight is 216 g/mol. The van der Waals surface area contributed by atoms with Crippen LogP contribution in [0.3, 0.4) is 0 Å². The molecule has 0 amide bonds. The van der Waals surface area contributed by atoms with Gasteiger partial charge in [-0.25, -0.2) is 0 Å². The van der Waals surface area contributed by atoms with Crippen LogP contribution >= 0.6 is 0 Å². The molecule has 0 radical (unpaired) electrons. The van der Waals surface area contributed by atoms with Gasteiger partial charge in [-0.3, -0.25) is 4.90 Å². The van der Waals surface area contributed by atoms with Crippen molar-refractivity contribution < 1.29 is 0 Å². The normalized spacial score (nSPS) is 19.3. The first kappa shape index (κ1) is 11.4. The van der Waals surface area contributed by atoms with Crippen LogP contribution in [-0.2, 0) is 0 Å². The van der Waals surface area contributed by atoms with E-state index in [1.807, 2.05) is 0 Å². The Labute approximate surface area is 98.2 Å². The van der Waals surface area contributed by atoms with E-state index in [1.165, 1.54) is 31.7 Å². The van der Waals surface area contributed by atoms with Crippen molar-refractivity contribution >= 4 is 6.08 Å². The first-order valence-corrected chi connectivity index (χ1v) is 5.97. The predicted molar refractivity (Wildman–Crippen MR) is 69.4 cm³/mol. The van der Waals surface area contributed by atoms with Crippen molar-refractivity contribution in [3.63, 3.8) is 0 Å². The Hall–Kier alpha value is -1.12. The fourth-order valence-electron chi connectivity index (χ4n) is 1.93. The zero-order valence-corrected chi connectivity index (χ0v) is 9.97. The van der Waals surface area contributed by atoms with E-state index in [1.54, 1.807) is 0 Å². The molecule has 16 heavy (non-hydrogen) atoms. The number of likely N-dealkylation sites (N-methyl/N-ethyl adjacent to an activating group) is 1. The molecular weight excluding hydrogens is 196 g/mol. The molecule has 0 saturated carbocycles. The highest BCUT2D eigenvalue weighted by atomic mass is 15.2. The summed E-state index contributed by atoms with van der Waals surface area (Å²) in [5, 5.41) is 0. The third-order valence-electron chi connectivity index (χ3n) is 3.07. The van der Waals surface area contributed by atoms with Crippen LogP contribution in [0, 0.1) is 0 Å². The summed E-state index contributed by atoms with van der Waals surface area (Å²) in [7, 11) is 2.19. The minimum Gasteiger partial charge on any atom is -0.304 e. The van der Waals surface area contributed by atoms with Crippen LogP contribution in [0.15, 0.2) is 36.4 Å². The number of piperazine rings is 1. The highest BCUT2D eigenvalue weighted by Crippen LogP contribution is 2.03. The molecule has 0 bridgehead atoms. The molecule has 1 aliphatic heterocycles. The number of hydrogen-bond acceptors (Lipinski definition) is 2. The molecule has 0 atom stereocenters. The zero-order valence-electron chi connectivity index (χ0n) is 9.97. The summed E-state index contributed by atoms with van der Waals surface area (Å²) in [4.78, 5) is 4.89. The van der Waals surface area contributed by atoms with Crippen LogP contribution < -0.4 is 0 Å². The summed E-state index contributed by atoms with van der Waals surface area (Å²) in [6.45, 7) is 5.84. The smallest absolute Gasteiger partial charge is 0.0167 e. The maximum atomic E-state index is 2.50. The molecule has 1 aromatic carbocycles. The Morgan fingerprint density at radius 1 is 1.06 bits per heavy atom. The van der Waals surface area contributed by atoms with Crippen molar-refractivity contribution in [2.75, 3.05) is 39.8 Å². The molecule has 1 heterocycles. The molecule has 2 heteroatoms. The quantitative estimate of drug-likeness (QED) is 0.762. The molecule has 0 N–H and O–H groups in total. The van der Waals surface area contributed by atoms with E-state index < -0.39 is 0 Å². The van der Waals surface area contributed by atoms with Gasteiger partial charge in [0.25, 0.3) is 0 Å². The van der Waals surface area contributed by atoms with Gasteiger partial charge in [0.15, 0.2) is 0 Å². The number of nitrogens with zero attached hydrogens (tertiary/aromatic N) is 2. The van der Waals surface area contributed by atoms with Crippen LogP contribution in [0.25, 0.3) is 6.08 Å². The Morgan fingerprint density at radius 3 is 2.44 bits per heavy atom. The van der Waals surface area contributed by atoms with E-state index in [9.17, 15) is 0 Å². The summed E-state index contributed by atoms with van der Waals surface area (Å²) in [5.74, 6) is 0. The van der Waals surface area contributed by atoms with Crippen molar-refractivity contribution in [1.82, 2.24) is 9.80 Å². The van der Waals surface area contributed by atoms with Crippen LogP contribution in [0.4, 0.5) is 0 Å². The van der Waals surface area contributed by atoms with Crippen LogP contribution in [-0.4, -0.2) is 49.6 Å². The fraction of sp³-hybridized carbons (Fsp3) is 0.429. The molecule has 0 aliphatic carbocycles. The lowest BCUT2D eigenvalue weighted by molar-refractivity contribution is 0.167. The Kier molecular flexibility index (Phi) is 4.14. The molecule has 2 rings (SSSR count). The summed E-state index contributed by atoms with van der Waals surface area (Å²) in [5.41, 5.74) is 1.29. The number of hydrogen-bond donors (Lipinski definition) is 0. The first-order valence-electron chi connectivity index (χ1n) is 5.97. The lowest BCUT2D eigenvalue weighted by Crippen LogP contribution is -2.44. The van der Waals surface area contributed by atoms with Gasteiger partial charge >= 0.3 is 0 Å². The van der Waals surface area contributed by atoms with Crippen LogP contribution in [0.2, 0.25) is 0 Å². The van der Waals surface area contributed by atoms with Gasteiger partial charge in [0.2, 0.25) is 0 Å². The van der Waals surface area contributed by atoms with E-state index in [0.717, 1.165) is 6.54 Å². The molecular formula is C14H20N2. The second-order valence-electron chi connectivity index (χ2n) is 4.42. The van der Waals surface area contributed by atoms with Crippen molar-refractivity contribution in [2.45, 2.75) is 0 Å². The van der Waals surface area contributed by atoms with Gasteiger partial charge in [-0.2, -0.15) is 0 Å². The third kappa shape index (κ3) is 3.47. The largest absolute Gasteiger partial charge is 0.304 e. The maximum Gasteiger partial charge on any atom is 0.0167 e. The predicted octanol–water partition coefficient (Wildman–Crippen LogP) is 1.95. The summed E-state index contributed by atoms with van der Waals surface area (Å²) in [6.07, 6.45) is 4.47. The first-order chi connectivity index (χ1) is 7.84. The standard InChI is InChI=1S/C14H20N2/c1-15-10-12-16(13-11-15)9-5-8-14-6-3-2-4-7-14/h2-8H,9-13H2,1H3/b8-5-. The Morgan fingerprint density at radius 2 is 1.75 bits per heavy atom. The molecule has 0 unspecified atom stereocenters. The molecule has 2 nitrogen and oxygen atoms in total. The number of benzene rings is 1. The Balaban J connectivity index is 1.77. The van der Waals surface area contributed by atoms with E-state index in [0.29, 0.717) is 0 Å². The van der Waals surface area contributed by atoms with E-state index in [-0.39, 0.29) is 0 Å². The molecule has 1 aliphatic rings. The van der Waals surface area contributed by atoms with Gasteiger partial charge < -0.3 is 4.90 Å². The van der Waals surface area contributed by atoms with Gasteiger partial charge in [0.05, 0.1) is 0 Å². The summed E-state index contributed by atoms with van der Waals surface area (Å²) in [6, 6.07) is 10.5. The van der Waals surface area contributed by atoms with Crippen LogP contribution in [0.1, 0.15) is 5.56 Å². The monoisotopic (exact) mass is 216 g/mol. The fourth-order valence-corrected chi connectivity index (χ4v) is 1.93. The van der Waals surface area contributed by atoms with Crippen LogP contribution in [0.5, 0.6) is 0 Å². The van der Waals surface area contributed by atoms with Crippen molar-refractivity contribution in [2.24, 2.45) is 0 Å². The highest BCUT2D eigenvalue weighted by Gasteiger charge is 2.11. The Bertz CT molecular complexity index is 324. The number of rotatable bonds is 3. The average Bonchev–Trinajstić information content (AvgIpc) is 2.33. The summed E-state index contributed by atoms with van der Waals surface area (Å²) < 4.78 is 0. The van der Waals surface area contributed by atoms with Crippen molar-refractivity contribution in [3.05, 3.63) is 42.0 Å². The molecule has 0 spiro atoms. The van der Waals surface area contributed by atoms with Crippen molar-refractivity contribution in [3.8, 4) is 0 Å². The SMILES string of the molecule is CN1CCN(C/C=C\c2ccccc2)CC1. The van der Waals surface area contributed by atoms with Gasteiger partial charge in [-0.1, -0.05) is 42.5 Å². The minimum atomic E-state index is 1.07. The third-order valence-corrected chi connectivity index (χ3v) is 3.07. The topological polar surface area (TPSA) is 6.48 Å². The van der Waals surface area contributed by atoms with E-state index in [2.05, 4.69) is 59.3 Å². The van der Waals surface area contributed by atoms with E-state index in [4.69, 9.17) is 0 Å².